The standard InChI is InChI=1S/C16H15NO2S2/c1-12-7-9-13(10-8-12)21(18,19)20-16-11-17(2)15-6-4-3-5-14(15)16/h3-11H,1-2H3. The van der Waals surface area contributed by atoms with Crippen molar-refractivity contribution < 1.29 is 8.42 Å². The Morgan fingerprint density at radius 1 is 1.00 bits per heavy atom. The van der Waals surface area contributed by atoms with Crippen molar-refractivity contribution in [3.63, 3.8) is 0 Å². The molecule has 0 bridgehead atoms. The summed E-state index contributed by atoms with van der Waals surface area (Å²) in [7, 11) is -0.577. The summed E-state index contributed by atoms with van der Waals surface area (Å²) in [5.41, 5.74) is 2.07. The number of rotatable bonds is 3. The summed E-state index contributed by atoms with van der Waals surface area (Å²) in [6.07, 6.45) is 1.86. The van der Waals surface area contributed by atoms with Crippen LogP contribution in [0.15, 0.2) is 64.5 Å². The van der Waals surface area contributed by atoms with E-state index in [0.717, 1.165) is 32.2 Å². The molecule has 1 heterocycles. The van der Waals surface area contributed by atoms with Gasteiger partial charge in [0.15, 0.2) is 0 Å². The van der Waals surface area contributed by atoms with Gasteiger partial charge in [-0.1, -0.05) is 35.9 Å². The third-order valence-electron chi connectivity index (χ3n) is 3.37. The van der Waals surface area contributed by atoms with E-state index in [-0.39, 0.29) is 0 Å². The van der Waals surface area contributed by atoms with Gasteiger partial charge in [0.25, 0.3) is 0 Å². The van der Waals surface area contributed by atoms with Crippen molar-refractivity contribution in [1.29, 1.82) is 0 Å². The molecule has 5 heteroatoms. The van der Waals surface area contributed by atoms with Crippen molar-refractivity contribution in [1.82, 2.24) is 4.57 Å². The Kier molecular flexibility index (Phi) is 3.55. The van der Waals surface area contributed by atoms with Gasteiger partial charge < -0.3 is 4.57 Å². The molecule has 21 heavy (non-hydrogen) atoms. The van der Waals surface area contributed by atoms with E-state index in [1.54, 1.807) is 12.1 Å². The second-order valence-corrected chi connectivity index (χ2v) is 8.77. The quantitative estimate of drug-likeness (QED) is 0.686. The highest BCUT2D eigenvalue weighted by Crippen LogP contribution is 2.36. The molecule has 0 aliphatic heterocycles. The van der Waals surface area contributed by atoms with Gasteiger partial charge in [0, 0.05) is 39.8 Å². The molecule has 0 saturated carbocycles. The van der Waals surface area contributed by atoms with Crippen LogP contribution in [-0.4, -0.2) is 13.0 Å². The average Bonchev–Trinajstić information content (AvgIpc) is 2.76. The second kappa shape index (κ2) is 5.24. The Bertz CT molecular complexity index is 894. The van der Waals surface area contributed by atoms with E-state index >= 15 is 0 Å². The van der Waals surface area contributed by atoms with E-state index in [4.69, 9.17) is 0 Å². The second-order valence-electron chi connectivity index (χ2n) is 4.97. The van der Waals surface area contributed by atoms with Gasteiger partial charge in [-0.3, -0.25) is 0 Å². The molecule has 0 saturated heterocycles. The zero-order valence-corrected chi connectivity index (χ0v) is 13.4. The number of hydrogen-bond acceptors (Lipinski definition) is 3. The molecule has 0 N–H and O–H groups in total. The molecule has 0 aliphatic carbocycles. The molecule has 0 unspecified atom stereocenters. The maximum atomic E-state index is 12.5. The first-order chi connectivity index (χ1) is 9.97. The number of nitrogens with zero attached hydrogens (tertiary/aromatic N) is 1. The molecule has 3 aromatic rings. The third kappa shape index (κ3) is 2.71. The predicted molar refractivity (Wildman–Crippen MR) is 87.1 cm³/mol. The van der Waals surface area contributed by atoms with Gasteiger partial charge in [-0.2, -0.15) is 0 Å². The van der Waals surface area contributed by atoms with E-state index in [0.29, 0.717) is 4.90 Å². The van der Waals surface area contributed by atoms with Crippen LogP contribution in [0.5, 0.6) is 0 Å². The SMILES string of the molecule is Cc1ccc(S(=O)(=O)Sc2cn(C)c3ccccc23)cc1. The molecular weight excluding hydrogens is 302 g/mol. The number of fused-ring (bicyclic) bond motifs is 1. The smallest absolute Gasteiger partial charge is 0.234 e. The fourth-order valence-corrected chi connectivity index (χ4v) is 5.24. The Morgan fingerprint density at radius 3 is 2.38 bits per heavy atom. The lowest BCUT2D eigenvalue weighted by Crippen LogP contribution is -1.94. The lowest BCUT2D eigenvalue weighted by molar-refractivity contribution is 0.610. The van der Waals surface area contributed by atoms with E-state index in [1.807, 2.05) is 61.1 Å². The van der Waals surface area contributed by atoms with Crippen molar-refractivity contribution in [3.8, 4) is 0 Å². The molecule has 1 aromatic heterocycles. The van der Waals surface area contributed by atoms with Crippen LogP contribution in [-0.2, 0) is 15.9 Å². The van der Waals surface area contributed by atoms with E-state index in [2.05, 4.69) is 0 Å². The van der Waals surface area contributed by atoms with Crippen LogP contribution in [0, 0.1) is 6.92 Å². The fraction of sp³-hybridized carbons (Fsp3) is 0.125. The fourth-order valence-electron chi connectivity index (χ4n) is 2.24. The molecule has 0 fully saturated rings. The number of benzene rings is 2. The van der Waals surface area contributed by atoms with Gasteiger partial charge in [0.05, 0.1) is 4.90 Å². The lowest BCUT2D eigenvalue weighted by atomic mass is 10.2. The topological polar surface area (TPSA) is 39.1 Å². The highest BCUT2D eigenvalue weighted by atomic mass is 33.1. The summed E-state index contributed by atoms with van der Waals surface area (Å²) < 4.78 is 27.0. The third-order valence-corrected chi connectivity index (χ3v) is 6.72. The summed E-state index contributed by atoms with van der Waals surface area (Å²) in [5.74, 6) is 0. The molecule has 3 nitrogen and oxygen atoms in total. The summed E-state index contributed by atoms with van der Waals surface area (Å²) in [5, 5.41) is 0.959. The van der Waals surface area contributed by atoms with Crippen LogP contribution < -0.4 is 0 Å². The minimum atomic E-state index is -3.40. The highest BCUT2D eigenvalue weighted by Gasteiger charge is 2.19. The van der Waals surface area contributed by atoms with E-state index < -0.39 is 8.87 Å². The first-order valence-corrected chi connectivity index (χ1v) is 9.34. The molecule has 0 atom stereocenters. The van der Waals surface area contributed by atoms with Gasteiger partial charge in [0.1, 0.15) is 0 Å². The van der Waals surface area contributed by atoms with Crippen molar-refractivity contribution in [2.75, 3.05) is 0 Å². The highest BCUT2D eigenvalue weighted by molar-refractivity contribution is 8.72. The molecule has 0 amide bonds. The van der Waals surface area contributed by atoms with Crippen molar-refractivity contribution in [2.45, 2.75) is 16.7 Å². The van der Waals surface area contributed by atoms with Crippen molar-refractivity contribution in [3.05, 3.63) is 60.3 Å². The minimum Gasteiger partial charge on any atom is -0.349 e. The zero-order valence-electron chi connectivity index (χ0n) is 11.8. The molecule has 0 spiro atoms. The van der Waals surface area contributed by atoms with Crippen LogP contribution in [0.3, 0.4) is 0 Å². The number of para-hydroxylation sites is 1. The van der Waals surface area contributed by atoms with Gasteiger partial charge in [0.2, 0.25) is 8.87 Å². The monoisotopic (exact) mass is 317 g/mol. The number of aryl methyl sites for hydroxylation is 2. The lowest BCUT2D eigenvalue weighted by Gasteiger charge is -2.03. The van der Waals surface area contributed by atoms with Crippen LogP contribution in [0.25, 0.3) is 10.9 Å². The molecule has 2 aromatic carbocycles. The predicted octanol–water partition coefficient (Wildman–Crippen LogP) is 3.97. The Balaban J connectivity index is 2.03. The maximum Gasteiger partial charge on any atom is 0.234 e. The van der Waals surface area contributed by atoms with Crippen LogP contribution in [0.1, 0.15) is 5.56 Å². The molecule has 0 radical (unpaired) electrons. The van der Waals surface area contributed by atoms with Gasteiger partial charge >= 0.3 is 0 Å². The summed E-state index contributed by atoms with van der Waals surface area (Å²) >= 11 is 0. The Labute approximate surface area is 127 Å². The van der Waals surface area contributed by atoms with Crippen molar-refractivity contribution in [2.24, 2.45) is 7.05 Å². The Morgan fingerprint density at radius 2 is 1.67 bits per heavy atom. The van der Waals surface area contributed by atoms with E-state index in [1.165, 1.54) is 0 Å². The van der Waals surface area contributed by atoms with Crippen LogP contribution in [0.4, 0.5) is 0 Å². The molecule has 108 valence electrons. The maximum absolute atomic E-state index is 12.5. The Hall–Kier alpha value is -1.72. The molecule has 0 aliphatic rings. The summed E-state index contributed by atoms with van der Waals surface area (Å²) in [6.45, 7) is 1.94. The van der Waals surface area contributed by atoms with Crippen LogP contribution in [0.2, 0.25) is 0 Å². The summed E-state index contributed by atoms with van der Waals surface area (Å²) in [6, 6.07) is 14.7. The van der Waals surface area contributed by atoms with Crippen molar-refractivity contribution >= 4 is 30.6 Å². The largest absolute Gasteiger partial charge is 0.349 e. The normalized spacial score (nSPS) is 11.9. The number of aromatic nitrogens is 1. The average molecular weight is 317 g/mol. The molecular formula is C16H15NO2S2. The molecule has 3 rings (SSSR count). The van der Waals surface area contributed by atoms with E-state index in [9.17, 15) is 8.42 Å². The van der Waals surface area contributed by atoms with Crippen LogP contribution >= 0.6 is 10.8 Å². The van der Waals surface area contributed by atoms with Gasteiger partial charge in [-0.15, -0.1) is 0 Å². The minimum absolute atomic E-state index is 0.339. The number of hydrogen-bond donors (Lipinski definition) is 0. The zero-order chi connectivity index (χ0) is 15.0. The first-order valence-electron chi connectivity index (χ1n) is 6.52. The van der Waals surface area contributed by atoms with Gasteiger partial charge in [-0.05, 0) is 25.1 Å². The summed E-state index contributed by atoms with van der Waals surface area (Å²) in [4.78, 5) is 1.10. The van der Waals surface area contributed by atoms with Gasteiger partial charge in [-0.25, -0.2) is 8.42 Å². The first kappa shape index (κ1) is 14.2.